The molecule has 0 saturated heterocycles. The average Bonchev–Trinajstić information content (AvgIpc) is 2.46. The van der Waals surface area contributed by atoms with Gasteiger partial charge in [0.2, 0.25) is 0 Å². The largest absolute Gasteiger partial charge is 0.515 e. The predicted octanol–water partition coefficient (Wildman–Crippen LogP) is 4.80. The smallest absolute Gasteiger partial charge is 0.264 e. The summed E-state index contributed by atoms with van der Waals surface area (Å²) in [5, 5.41) is 9.11. The molecule has 0 spiro atoms. The molecule has 1 nitrogen and oxygen atoms in total. The maximum atomic E-state index is 13.1. The number of aliphatic hydroxyl groups excluding tert-OH is 1. The number of allylic oxidation sites excluding steroid dienone is 1. The van der Waals surface area contributed by atoms with Crippen LogP contribution in [-0.2, 0) is 0 Å². The van der Waals surface area contributed by atoms with Crippen LogP contribution < -0.4 is 0 Å². The highest BCUT2D eigenvalue weighted by atomic mass is 19.3. The Morgan fingerprint density at radius 2 is 1.19 bits per heavy atom. The molecule has 0 bridgehead atoms. The Kier molecular flexibility index (Phi) is 4.62. The van der Waals surface area contributed by atoms with Gasteiger partial charge in [-0.1, -0.05) is 24.3 Å². The summed E-state index contributed by atoms with van der Waals surface area (Å²) >= 11 is 0. The van der Waals surface area contributed by atoms with Crippen molar-refractivity contribution >= 4 is 0 Å². The first-order valence-electron chi connectivity index (χ1n) is 6.16. The molecule has 0 saturated carbocycles. The minimum absolute atomic E-state index is 0.349. The molecule has 21 heavy (non-hydrogen) atoms. The number of rotatable bonds is 4. The fourth-order valence-electron chi connectivity index (χ4n) is 2.14. The SMILES string of the molecule is OC=C(C(F)F)C(c1ccc(F)cc1)c1ccc(F)cc1. The summed E-state index contributed by atoms with van der Waals surface area (Å²) < 4.78 is 52.2. The van der Waals surface area contributed by atoms with Gasteiger partial charge in [0.05, 0.1) is 6.26 Å². The zero-order valence-electron chi connectivity index (χ0n) is 10.8. The maximum Gasteiger partial charge on any atom is 0.264 e. The van der Waals surface area contributed by atoms with E-state index in [1.165, 1.54) is 24.3 Å². The van der Waals surface area contributed by atoms with Crippen LogP contribution in [0.15, 0.2) is 60.4 Å². The topological polar surface area (TPSA) is 20.2 Å². The second-order valence-corrected chi connectivity index (χ2v) is 4.47. The first-order valence-corrected chi connectivity index (χ1v) is 6.16. The highest BCUT2D eigenvalue weighted by molar-refractivity contribution is 5.41. The van der Waals surface area contributed by atoms with Crippen LogP contribution >= 0.6 is 0 Å². The number of aliphatic hydroxyl groups is 1. The third-order valence-electron chi connectivity index (χ3n) is 3.14. The van der Waals surface area contributed by atoms with Gasteiger partial charge in [0.25, 0.3) is 6.43 Å². The highest BCUT2D eigenvalue weighted by Gasteiger charge is 2.26. The maximum absolute atomic E-state index is 13.1. The molecule has 0 aliphatic rings. The molecule has 2 rings (SSSR count). The van der Waals surface area contributed by atoms with Crippen molar-refractivity contribution in [1.82, 2.24) is 0 Å². The third-order valence-corrected chi connectivity index (χ3v) is 3.14. The van der Waals surface area contributed by atoms with Gasteiger partial charge < -0.3 is 5.11 Å². The van der Waals surface area contributed by atoms with E-state index < -0.39 is 29.6 Å². The van der Waals surface area contributed by atoms with Crippen molar-refractivity contribution in [3.05, 3.63) is 83.1 Å². The Hall–Kier alpha value is -2.30. The quantitative estimate of drug-likeness (QED) is 0.634. The van der Waals surface area contributed by atoms with Crippen molar-refractivity contribution < 1.29 is 22.7 Å². The van der Waals surface area contributed by atoms with E-state index in [9.17, 15) is 17.6 Å². The first kappa shape index (κ1) is 15.1. The standard InChI is InChI=1S/C16H12F4O/c17-12-5-1-10(2-6-12)15(14(9-21)16(19)20)11-3-7-13(18)8-4-11/h1-9,15-16,21H. The van der Waals surface area contributed by atoms with Gasteiger partial charge in [-0.05, 0) is 35.4 Å². The molecule has 2 aromatic rings. The Balaban J connectivity index is 2.53. The molecule has 0 amide bonds. The number of benzene rings is 2. The third kappa shape index (κ3) is 3.42. The first-order chi connectivity index (χ1) is 10.0. The molecule has 0 atom stereocenters. The van der Waals surface area contributed by atoms with E-state index in [4.69, 9.17) is 5.11 Å². The van der Waals surface area contributed by atoms with Crippen LogP contribution in [0, 0.1) is 11.6 Å². The number of hydrogen-bond acceptors (Lipinski definition) is 1. The molecule has 110 valence electrons. The van der Waals surface area contributed by atoms with Crippen molar-refractivity contribution in [2.75, 3.05) is 0 Å². The van der Waals surface area contributed by atoms with E-state index in [1.54, 1.807) is 0 Å². The zero-order chi connectivity index (χ0) is 15.4. The van der Waals surface area contributed by atoms with Gasteiger partial charge in [-0.15, -0.1) is 0 Å². The lowest BCUT2D eigenvalue weighted by atomic mass is 9.85. The van der Waals surface area contributed by atoms with Gasteiger partial charge in [-0.25, -0.2) is 17.6 Å². The van der Waals surface area contributed by atoms with Crippen LogP contribution in [0.5, 0.6) is 0 Å². The van der Waals surface area contributed by atoms with Gasteiger partial charge in [0, 0.05) is 11.5 Å². The van der Waals surface area contributed by atoms with E-state index in [-0.39, 0.29) is 0 Å². The Bertz CT molecular complexity index is 572. The number of hydrogen-bond donors (Lipinski definition) is 1. The predicted molar refractivity (Wildman–Crippen MR) is 71.4 cm³/mol. The normalized spacial score (nSPS) is 12.2. The number of halogens is 4. The summed E-state index contributed by atoms with van der Waals surface area (Å²) in [5.41, 5.74) is 0.223. The summed E-state index contributed by atoms with van der Waals surface area (Å²) in [6, 6.07) is 10.0. The second-order valence-electron chi connectivity index (χ2n) is 4.47. The van der Waals surface area contributed by atoms with Crippen LogP contribution in [0.25, 0.3) is 0 Å². The lowest BCUT2D eigenvalue weighted by molar-refractivity contribution is 0.178. The molecule has 0 fully saturated rings. The fourth-order valence-corrected chi connectivity index (χ4v) is 2.14. The van der Waals surface area contributed by atoms with Gasteiger partial charge in [0.15, 0.2) is 0 Å². The lowest BCUT2D eigenvalue weighted by Crippen LogP contribution is -2.11. The van der Waals surface area contributed by atoms with Crippen molar-refractivity contribution in [3.8, 4) is 0 Å². The second kappa shape index (κ2) is 6.43. The lowest BCUT2D eigenvalue weighted by Gasteiger charge is -2.20. The van der Waals surface area contributed by atoms with Crippen molar-refractivity contribution in [2.45, 2.75) is 12.3 Å². The average molecular weight is 296 g/mol. The van der Waals surface area contributed by atoms with Crippen molar-refractivity contribution in [3.63, 3.8) is 0 Å². The van der Waals surface area contributed by atoms with E-state index in [1.807, 2.05) is 0 Å². The molecular formula is C16H12F4O. The summed E-state index contributed by atoms with van der Waals surface area (Å²) in [6.45, 7) is 0. The molecule has 0 heterocycles. The Morgan fingerprint density at radius 3 is 1.48 bits per heavy atom. The Morgan fingerprint density at radius 1 is 0.810 bits per heavy atom. The van der Waals surface area contributed by atoms with Crippen molar-refractivity contribution in [1.29, 1.82) is 0 Å². The molecule has 0 unspecified atom stereocenters. The summed E-state index contributed by atoms with van der Waals surface area (Å²) in [5.74, 6) is -1.97. The zero-order valence-corrected chi connectivity index (χ0v) is 10.8. The summed E-state index contributed by atoms with van der Waals surface area (Å²) in [6.07, 6.45) is -2.54. The molecule has 0 aromatic heterocycles. The van der Waals surface area contributed by atoms with Crippen LogP contribution in [-0.4, -0.2) is 11.5 Å². The molecule has 5 heteroatoms. The molecule has 1 N–H and O–H groups in total. The van der Waals surface area contributed by atoms with Gasteiger partial charge >= 0.3 is 0 Å². The molecule has 0 aliphatic heterocycles. The van der Waals surface area contributed by atoms with Crippen LogP contribution in [0.2, 0.25) is 0 Å². The monoisotopic (exact) mass is 296 g/mol. The van der Waals surface area contributed by atoms with Crippen LogP contribution in [0.4, 0.5) is 17.6 Å². The minimum atomic E-state index is -2.89. The minimum Gasteiger partial charge on any atom is -0.515 e. The van der Waals surface area contributed by atoms with Crippen molar-refractivity contribution in [2.24, 2.45) is 0 Å². The summed E-state index contributed by atoms with van der Waals surface area (Å²) in [7, 11) is 0. The van der Waals surface area contributed by atoms with Gasteiger partial charge in [0.1, 0.15) is 11.6 Å². The van der Waals surface area contributed by atoms with Gasteiger partial charge in [-0.2, -0.15) is 0 Å². The highest BCUT2D eigenvalue weighted by Crippen LogP contribution is 2.35. The van der Waals surface area contributed by atoms with E-state index >= 15 is 0 Å². The molecule has 0 radical (unpaired) electrons. The molecular weight excluding hydrogens is 284 g/mol. The van der Waals surface area contributed by atoms with E-state index in [0.717, 1.165) is 24.3 Å². The van der Waals surface area contributed by atoms with E-state index in [2.05, 4.69) is 0 Å². The molecule has 0 aliphatic carbocycles. The van der Waals surface area contributed by atoms with Gasteiger partial charge in [-0.3, -0.25) is 0 Å². The number of alkyl halides is 2. The summed E-state index contributed by atoms with van der Waals surface area (Å²) in [4.78, 5) is 0. The fraction of sp³-hybridized carbons (Fsp3) is 0.125. The van der Waals surface area contributed by atoms with Crippen LogP contribution in [0.1, 0.15) is 17.0 Å². The van der Waals surface area contributed by atoms with E-state index in [0.29, 0.717) is 17.4 Å². The Labute approximate surface area is 119 Å². The molecule has 2 aromatic carbocycles. The van der Waals surface area contributed by atoms with Crippen LogP contribution in [0.3, 0.4) is 0 Å².